The van der Waals surface area contributed by atoms with E-state index >= 15 is 0 Å². The van der Waals surface area contributed by atoms with Crippen LogP contribution in [-0.4, -0.2) is 51.5 Å². The summed E-state index contributed by atoms with van der Waals surface area (Å²) >= 11 is 0. The zero-order valence-electron chi connectivity index (χ0n) is 11.9. The molecule has 2 saturated heterocycles. The average Bonchev–Trinajstić information content (AvgIpc) is 3.07. The molecule has 0 aliphatic carbocycles. The van der Waals surface area contributed by atoms with Crippen molar-refractivity contribution in [3.05, 3.63) is 41.7 Å². The molecule has 3 heterocycles. The highest BCUT2D eigenvalue weighted by atomic mass is 16.2. The van der Waals surface area contributed by atoms with Crippen molar-refractivity contribution in [2.75, 3.05) is 19.6 Å². The van der Waals surface area contributed by atoms with E-state index in [1.807, 2.05) is 30.0 Å². The number of aryl methyl sites for hydroxylation is 1. The van der Waals surface area contributed by atoms with Crippen molar-refractivity contribution in [2.45, 2.75) is 13.0 Å². The van der Waals surface area contributed by atoms with Crippen LogP contribution < -0.4 is 5.32 Å². The molecule has 108 valence electrons. The van der Waals surface area contributed by atoms with Gasteiger partial charge >= 0.3 is 0 Å². The van der Waals surface area contributed by atoms with Crippen LogP contribution in [0, 0.1) is 12.8 Å². The Labute approximate surface area is 122 Å². The van der Waals surface area contributed by atoms with Gasteiger partial charge in [-0.05, 0) is 19.1 Å². The van der Waals surface area contributed by atoms with Gasteiger partial charge in [-0.25, -0.2) is 0 Å². The molecule has 0 spiro atoms. The number of amides is 1. The number of nitrogens with zero attached hydrogens (tertiary/aromatic N) is 4. The van der Waals surface area contributed by atoms with Crippen LogP contribution in [0.5, 0.6) is 0 Å². The second-order valence-electron chi connectivity index (χ2n) is 5.82. The number of benzene rings is 1. The summed E-state index contributed by atoms with van der Waals surface area (Å²) in [5, 5.41) is 11.7. The van der Waals surface area contributed by atoms with Gasteiger partial charge in [0.25, 0.3) is 5.91 Å². The molecule has 6 nitrogen and oxygen atoms in total. The van der Waals surface area contributed by atoms with Gasteiger partial charge in [-0.2, -0.15) is 15.0 Å². The van der Waals surface area contributed by atoms with Crippen LogP contribution in [0.15, 0.2) is 30.6 Å². The van der Waals surface area contributed by atoms with Crippen molar-refractivity contribution in [2.24, 2.45) is 5.92 Å². The van der Waals surface area contributed by atoms with Crippen LogP contribution in [0.2, 0.25) is 0 Å². The molecule has 2 unspecified atom stereocenters. The van der Waals surface area contributed by atoms with Gasteiger partial charge in [0.1, 0.15) is 0 Å². The highest BCUT2D eigenvalue weighted by molar-refractivity contribution is 5.98. The molecule has 2 aliphatic rings. The van der Waals surface area contributed by atoms with Crippen LogP contribution in [-0.2, 0) is 0 Å². The number of fused-ring (bicyclic) bond motifs is 1. The Morgan fingerprint density at radius 2 is 2.10 bits per heavy atom. The van der Waals surface area contributed by atoms with Gasteiger partial charge in [-0.15, -0.1) is 0 Å². The first-order valence-electron chi connectivity index (χ1n) is 7.22. The molecule has 4 rings (SSSR count). The Morgan fingerprint density at radius 3 is 2.71 bits per heavy atom. The lowest BCUT2D eigenvalue weighted by atomic mass is 9.96. The predicted octanol–water partition coefficient (Wildman–Crippen LogP) is 0.620. The topological polar surface area (TPSA) is 63.1 Å². The molecule has 0 bridgehead atoms. The molecule has 0 saturated carbocycles. The number of hydrogen-bond donors (Lipinski definition) is 1. The van der Waals surface area contributed by atoms with E-state index in [9.17, 15) is 4.79 Å². The second kappa shape index (κ2) is 4.66. The van der Waals surface area contributed by atoms with E-state index in [-0.39, 0.29) is 5.91 Å². The fraction of sp³-hybridized carbons (Fsp3) is 0.400. The minimum atomic E-state index is 0.0715. The van der Waals surface area contributed by atoms with Gasteiger partial charge < -0.3 is 10.2 Å². The van der Waals surface area contributed by atoms with Crippen LogP contribution >= 0.6 is 0 Å². The van der Waals surface area contributed by atoms with Gasteiger partial charge in [-0.3, -0.25) is 4.79 Å². The Kier molecular flexibility index (Phi) is 2.78. The average molecular weight is 283 g/mol. The van der Waals surface area contributed by atoms with Gasteiger partial charge in [0.15, 0.2) is 0 Å². The lowest BCUT2D eigenvalue weighted by molar-refractivity contribution is 0.0789. The first kappa shape index (κ1) is 12.5. The summed E-state index contributed by atoms with van der Waals surface area (Å²) in [5.41, 5.74) is 2.48. The van der Waals surface area contributed by atoms with Gasteiger partial charge in [-0.1, -0.05) is 11.6 Å². The molecule has 2 fully saturated rings. The Bertz CT molecular complexity index is 669. The number of likely N-dealkylation sites (tertiary alicyclic amines) is 1. The van der Waals surface area contributed by atoms with Gasteiger partial charge in [0, 0.05) is 31.6 Å². The van der Waals surface area contributed by atoms with Crippen molar-refractivity contribution < 1.29 is 4.79 Å². The molecule has 0 radical (unpaired) electrons. The van der Waals surface area contributed by atoms with Crippen molar-refractivity contribution in [1.29, 1.82) is 0 Å². The van der Waals surface area contributed by atoms with Crippen molar-refractivity contribution in [3.8, 4) is 5.69 Å². The largest absolute Gasteiger partial charge is 0.337 e. The smallest absolute Gasteiger partial charge is 0.256 e. The number of nitrogens with one attached hydrogen (secondary N) is 1. The maximum Gasteiger partial charge on any atom is 0.256 e. The molecule has 6 heteroatoms. The number of rotatable bonds is 2. The quantitative estimate of drug-likeness (QED) is 0.877. The second-order valence-corrected chi connectivity index (χ2v) is 5.82. The molecule has 1 N–H and O–H groups in total. The van der Waals surface area contributed by atoms with E-state index in [1.54, 1.807) is 12.4 Å². The Morgan fingerprint density at radius 1 is 1.29 bits per heavy atom. The first-order valence-corrected chi connectivity index (χ1v) is 7.22. The van der Waals surface area contributed by atoms with Crippen molar-refractivity contribution in [3.63, 3.8) is 0 Å². The standard InChI is InChI=1S/C15H17N5O/c1-10-2-3-14(20-17-4-5-18-20)12(6-10)15(21)19-8-11-7-16-13(11)9-19/h2-6,11,13,16H,7-9H2,1H3. The summed E-state index contributed by atoms with van der Waals surface area (Å²) in [4.78, 5) is 16.3. The summed E-state index contributed by atoms with van der Waals surface area (Å²) in [6.07, 6.45) is 3.24. The summed E-state index contributed by atoms with van der Waals surface area (Å²) in [5.74, 6) is 0.687. The third-order valence-electron chi connectivity index (χ3n) is 4.39. The zero-order chi connectivity index (χ0) is 14.4. The zero-order valence-corrected chi connectivity index (χ0v) is 11.9. The third kappa shape index (κ3) is 2.03. The first-order chi connectivity index (χ1) is 10.2. The molecule has 1 amide bonds. The Hall–Kier alpha value is -2.21. The van der Waals surface area contributed by atoms with Crippen LogP contribution in [0.4, 0.5) is 0 Å². The highest BCUT2D eigenvalue weighted by Crippen LogP contribution is 2.26. The SMILES string of the molecule is Cc1ccc(-n2nccn2)c(C(=O)N2CC3CNC3C2)c1. The van der Waals surface area contributed by atoms with Gasteiger partial charge in [0.05, 0.1) is 23.6 Å². The summed E-state index contributed by atoms with van der Waals surface area (Å²) in [7, 11) is 0. The maximum atomic E-state index is 12.9. The van der Waals surface area contributed by atoms with Crippen molar-refractivity contribution >= 4 is 5.91 Å². The lowest BCUT2D eigenvalue weighted by Crippen LogP contribution is -2.51. The number of hydrogen-bond acceptors (Lipinski definition) is 4. The molecule has 1 aromatic heterocycles. The molecule has 2 aliphatic heterocycles. The summed E-state index contributed by atoms with van der Waals surface area (Å²) < 4.78 is 0. The molecule has 2 aromatic rings. The fourth-order valence-corrected chi connectivity index (χ4v) is 3.12. The minimum Gasteiger partial charge on any atom is -0.337 e. The van der Waals surface area contributed by atoms with E-state index in [4.69, 9.17) is 0 Å². The van der Waals surface area contributed by atoms with Crippen LogP contribution in [0.3, 0.4) is 0 Å². The van der Waals surface area contributed by atoms with E-state index < -0.39 is 0 Å². The van der Waals surface area contributed by atoms with Crippen molar-refractivity contribution in [1.82, 2.24) is 25.2 Å². The fourth-order valence-electron chi connectivity index (χ4n) is 3.12. The molecular formula is C15H17N5O. The van der Waals surface area contributed by atoms with Crippen LogP contribution in [0.1, 0.15) is 15.9 Å². The molecule has 2 atom stereocenters. The van der Waals surface area contributed by atoms with E-state index in [0.29, 0.717) is 17.5 Å². The number of aromatic nitrogens is 3. The van der Waals surface area contributed by atoms with E-state index in [1.165, 1.54) is 4.80 Å². The van der Waals surface area contributed by atoms with Gasteiger partial charge in [0.2, 0.25) is 0 Å². The number of carbonyl (C=O) groups is 1. The van der Waals surface area contributed by atoms with Crippen LogP contribution in [0.25, 0.3) is 5.69 Å². The maximum absolute atomic E-state index is 12.9. The highest BCUT2D eigenvalue weighted by Gasteiger charge is 2.41. The Balaban J connectivity index is 1.70. The molecule has 21 heavy (non-hydrogen) atoms. The summed E-state index contributed by atoms with van der Waals surface area (Å²) in [6.45, 7) is 4.65. The minimum absolute atomic E-state index is 0.0715. The normalized spacial score (nSPS) is 23.8. The predicted molar refractivity (Wildman–Crippen MR) is 77.3 cm³/mol. The third-order valence-corrected chi connectivity index (χ3v) is 4.39. The monoisotopic (exact) mass is 283 g/mol. The van der Waals surface area contributed by atoms with E-state index in [0.717, 1.165) is 30.9 Å². The lowest BCUT2D eigenvalue weighted by Gasteiger charge is -2.29. The van der Waals surface area contributed by atoms with E-state index in [2.05, 4.69) is 15.5 Å². The molecular weight excluding hydrogens is 266 g/mol. The molecule has 1 aromatic carbocycles. The summed E-state index contributed by atoms with van der Waals surface area (Å²) in [6, 6.07) is 6.29. The number of carbonyl (C=O) groups excluding carboxylic acids is 1.